The maximum atomic E-state index is 12.6. The quantitative estimate of drug-likeness (QED) is 0.587. The van der Waals surface area contributed by atoms with E-state index in [0.717, 1.165) is 6.07 Å². The highest BCUT2D eigenvalue weighted by atomic mass is 79.9. The molecule has 1 aromatic rings. The number of pyridine rings is 1. The Morgan fingerprint density at radius 2 is 1.54 bits per heavy atom. The Labute approximate surface area is 173 Å². The van der Waals surface area contributed by atoms with Gasteiger partial charge in [-0.25, -0.2) is 14.6 Å². The van der Waals surface area contributed by atoms with Crippen molar-refractivity contribution < 1.29 is 31.7 Å². The third-order valence-corrected chi connectivity index (χ3v) is 4.49. The lowest BCUT2D eigenvalue weighted by molar-refractivity contribution is 0.0429. The molecule has 0 radical (unpaired) electrons. The number of carbonyl (C=O) groups excluding carboxylic acids is 2. The molecule has 0 aromatic carbocycles. The van der Waals surface area contributed by atoms with Crippen molar-refractivity contribution in [2.45, 2.75) is 59.7 Å². The Balaban J connectivity index is 3.41. The number of rotatable bonds is 4. The highest BCUT2D eigenvalue weighted by molar-refractivity contribution is 9.10. The van der Waals surface area contributed by atoms with Gasteiger partial charge in [-0.1, -0.05) is 0 Å². The summed E-state index contributed by atoms with van der Waals surface area (Å²) in [6, 6.07) is 1.13. The summed E-state index contributed by atoms with van der Waals surface area (Å²) in [6.45, 7) is 11.2. The summed E-state index contributed by atoms with van der Waals surface area (Å²) < 4.78 is 39.3. The van der Waals surface area contributed by atoms with Gasteiger partial charge in [0.15, 0.2) is 11.6 Å². The SMILES string of the molecule is CCS(=O)(=O)Oc1cc(N(C(=O)OC(C)(C)C)C(=O)OC(C)(C)C)ncc1Br. The van der Waals surface area contributed by atoms with Gasteiger partial charge >= 0.3 is 22.3 Å². The van der Waals surface area contributed by atoms with E-state index >= 15 is 0 Å². The van der Waals surface area contributed by atoms with Gasteiger partial charge in [-0.05, 0) is 64.4 Å². The van der Waals surface area contributed by atoms with Crippen molar-refractivity contribution in [3.8, 4) is 5.75 Å². The first-order chi connectivity index (χ1) is 12.5. The van der Waals surface area contributed by atoms with Crippen LogP contribution in [0.5, 0.6) is 5.75 Å². The predicted octanol–water partition coefficient (Wildman–Crippen LogP) is 4.25. The van der Waals surface area contributed by atoms with Crippen LogP contribution in [0, 0.1) is 0 Å². The Hall–Kier alpha value is -1.88. The molecule has 0 N–H and O–H groups in total. The number of carbonyl (C=O) groups is 2. The van der Waals surface area contributed by atoms with Gasteiger partial charge in [-0.15, -0.1) is 0 Å². The van der Waals surface area contributed by atoms with E-state index in [1.54, 1.807) is 41.5 Å². The second-order valence-corrected chi connectivity index (χ2v) is 10.4. The molecule has 9 nitrogen and oxygen atoms in total. The largest absolute Gasteiger partial charge is 0.443 e. The summed E-state index contributed by atoms with van der Waals surface area (Å²) in [4.78, 5) is 29.8. The average Bonchev–Trinajstić information content (AvgIpc) is 2.46. The normalized spacial score (nSPS) is 12.3. The van der Waals surface area contributed by atoms with Crippen LogP contribution in [0.2, 0.25) is 0 Å². The number of ether oxygens (including phenoxy) is 2. The van der Waals surface area contributed by atoms with Crippen molar-refractivity contribution in [2.75, 3.05) is 10.7 Å². The first-order valence-electron chi connectivity index (χ1n) is 8.38. The summed E-state index contributed by atoms with van der Waals surface area (Å²) in [6.07, 6.45) is -0.848. The number of amides is 2. The van der Waals surface area contributed by atoms with Gasteiger partial charge in [0.05, 0.1) is 10.2 Å². The molecule has 11 heteroatoms. The number of aromatic nitrogens is 1. The molecular weight excluding hydrogens is 456 g/mol. The van der Waals surface area contributed by atoms with Crippen molar-refractivity contribution in [2.24, 2.45) is 0 Å². The molecule has 2 amide bonds. The maximum Gasteiger partial charge on any atom is 0.425 e. The van der Waals surface area contributed by atoms with E-state index in [9.17, 15) is 18.0 Å². The van der Waals surface area contributed by atoms with E-state index in [0.29, 0.717) is 4.90 Å². The van der Waals surface area contributed by atoms with Gasteiger partial charge < -0.3 is 13.7 Å². The zero-order valence-corrected chi connectivity index (χ0v) is 19.3. The van der Waals surface area contributed by atoms with Gasteiger partial charge in [0.2, 0.25) is 0 Å². The second-order valence-electron chi connectivity index (χ2n) is 7.70. The number of hydrogen-bond acceptors (Lipinski definition) is 8. The zero-order chi connectivity index (χ0) is 21.9. The van der Waals surface area contributed by atoms with Crippen LogP contribution >= 0.6 is 15.9 Å². The van der Waals surface area contributed by atoms with Crippen LogP contribution in [0.3, 0.4) is 0 Å². The molecule has 0 aliphatic rings. The van der Waals surface area contributed by atoms with Crippen LogP contribution in [-0.4, -0.2) is 42.5 Å². The van der Waals surface area contributed by atoms with Crippen molar-refractivity contribution >= 4 is 44.1 Å². The summed E-state index contributed by atoms with van der Waals surface area (Å²) in [5.41, 5.74) is -1.78. The summed E-state index contributed by atoms with van der Waals surface area (Å²) in [7, 11) is -3.84. The molecule has 1 rings (SSSR count). The average molecular weight is 481 g/mol. The smallest absolute Gasteiger partial charge is 0.425 e. The van der Waals surface area contributed by atoms with Gasteiger partial charge in [0.1, 0.15) is 11.2 Å². The third-order valence-electron chi connectivity index (χ3n) is 2.76. The van der Waals surface area contributed by atoms with E-state index in [2.05, 4.69) is 20.9 Å². The lowest BCUT2D eigenvalue weighted by Crippen LogP contribution is -2.44. The minimum absolute atomic E-state index is 0.135. The fourth-order valence-corrected chi connectivity index (χ4v) is 2.60. The standard InChI is InChI=1S/C17H25BrN2O7S/c1-8-28(23,24)27-12-9-13(19-10-11(12)18)20(14(21)25-16(2,3)4)15(22)26-17(5,6)7/h9-10H,8H2,1-7H3. The first kappa shape index (κ1) is 24.2. The summed E-state index contributed by atoms with van der Waals surface area (Å²) >= 11 is 3.13. The van der Waals surface area contributed by atoms with Gasteiger partial charge in [0, 0.05) is 12.3 Å². The molecule has 0 bridgehead atoms. The fourth-order valence-electron chi connectivity index (χ4n) is 1.67. The Kier molecular flexibility index (Phi) is 7.46. The first-order valence-corrected chi connectivity index (χ1v) is 10.8. The fraction of sp³-hybridized carbons (Fsp3) is 0.588. The summed E-state index contributed by atoms with van der Waals surface area (Å²) in [5.74, 6) is -0.615. The molecule has 0 fully saturated rings. The van der Waals surface area contributed by atoms with E-state index < -0.39 is 33.5 Å². The Morgan fingerprint density at radius 1 is 1.07 bits per heavy atom. The third kappa shape index (κ3) is 7.63. The van der Waals surface area contributed by atoms with Crippen molar-refractivity contribution in [3.05, 3.63) is 16.7 Å². The summed E-state index contributed by atoms with van der Waals surface area (Å²) in [5, 5.41) is 0. The molecule has 0 unspecified atom stereocenters. The van der Waals surface area contributed by atoms with E-state index in [-0.39, 0.29) is 21.8 Å². The Morgan fingerprint density at radius 3 is 1.93 bits per heavy atom. The number of anilines is 1. The molecule has 1 heterocycles. The molecule has 0 saturated carbocycles. The molecule has 0 aliphatic carbocycles. The zero-order valence-electron chi connectivity index (χ0n) is 16.9. The maximum absolute atomic E-state index is 12.6. The molecule has 0 atom stereocenters. The van der Waals surface area contributed by atoms with E-state index in [1.165, 1.54) is 13.1 Å². The minimum atomic E-state index is -3.84. The van der Waals surface area contributed by atoms with Crippen LogP contribution in [0.25, 0.3) is 0 Å². The van der Waals surface area contributed by atoms with Crippen LogP contribution < -0.4 is 9.08 Å². The highest BCUT2D eigenvalue weighted by Gasteiger charge is 2.34. The minimum Gasteiger partial charge on any atom is -0.443 e. The second kappa shape index (κ2) is 8.64. The van der Waals surface area contributed by atoms with Gasteiger partial charge in [-0.2, -0.15) is 13.3 Å². The lowest BCUT2D eigenvalue weighted by Gasteiger charge is -2.28. The molecule has 0 saturated heterocycles. The predicted molar refractivity (Wildman–Crippen MR) is 107 cm³/mol. The number of halogens is 1. The monoisotopic (exact) mass is 480 g/mol. The molecule has 0 aliphatic heterocycles. The van der Waals surface area contributed by atoms with Crippen LogP contribution in [0.4, 0.5) is 15.4 Å². The molecule has 1 aromatic heterocycles. The van der Waals surface area contributed by atoms with Crippen molar-refractivity contribution in [1.29, 1.82) is 0 Å². The molecule has 28 heavy (non-hydrogen) atoms. The molecular formula is C17H25BrN2O7S. The van der Waals surface area contributed by atoms with Crippen LogP contribution in [-0.2, 0) is 19.6 Å². The van der Waals surface area contributed by atoms with Gasteiger partial charge in [0.25, 0.3) is 0 Å². The number of nitrogens with zero attached hydrogens (tertiary/aromatic N) is 2. The van der Waals surface area contributed by atoms with E-state index in [1.807, 2.05) is 0 Å². The Bertz CT molecular complexity index is 814. The van der Waals surface area contributed by atoms with Gasteiger partial charge in [-0.3, -0.25) is 0 Å². The van der Waals surface area contributed by atoms with Crippen LogP contribution in [0.1, 0.15) is 48.5 Å². The topological polar surface area (TPSA) is 112 Å². The molecule has 0 spiro atoms. The van der Waals surface area contributed by atoms with Crippen molar-refractivity contribution in [1.82, 2.24) is 4.98 Å². The van der Waals surface area contributed by atoms with Crippen molar-refractivity contribution in [3.63, 3.8) is 0 Å². The molecule has 158 valence electrons. The number of hydrogen-bond donors (Lipinski definition) is 0. The number of imide groups is 1. The van der Waals surface area contributed by atoms with E-state index in [4.69, 9.17) is 13.7 Å². The van der Waals surface area contributed by atoms with Crippen LogP contribution in [0.15, 0.2) is 16.7 Å². The highest BCUT2D eigenvalue weighted by Crippen LogP contribution is 2.30. The lowest BCUT2D eigenvalue weighted by atomic mass is 10.2.